The number of aromatic amines is 1. The van der Waals surface area contributed by atoms with Gasteiger partial charge in [0, 0.05) is 18.1 Å². The summed E-state index contributed by atoms with van der Waals surface area (Å²) in [5.41, 5.74) is -0.480. The van der Waals surface area contributed by atoms with Gasteiger partial charge in [0.2, 0.25) is 0 Å². The summed E-state index contributed by atoms with van der Waals surface area (Å²) in [4.78, 5) is 7.07. The van der Waals surface area contributed by atoms with Crippen molar-refractivity contribution in [1.29, 1.82) is 5.26 Å². The highest BCUT2D eigenvalue weighted by molar-refractivity contribution is 7.99. The molecular formula is C9H14N4S. The van der Waals surface area contributed by atoms with E-state index in [4.69, 9.17) is 5.26 Å². The highest BCUT2D eigenvalue weighted by atomic mass is 32.2. The molecule has 1 unspecified atom stereocenters. The van der Waals surface area contributed by atoms with Gasteiger partial charge in [0.25, 0.3) is 0 Å². The average molecular weight is 210 g/mol. The van der Waals surface area contributed by atoms with Crippen molar-refractivity contribution < 1.29 is 0 Å². The van der Waals surface area contributed by atoms with Crippen LogP contribution in [-0.4, -0.2) is 27.8 Å². The second-order valence-corrected chi connectivity index (χ2v) is 4.12. The summed E-state index contributed by atoms with van der Waals surface area (Å²) >= 11 is 1.55. The van der Waals surface area contributed by atoms with E-state index in [1.807, 2.05) is 13.8 Å². The molecule has 0 fully saturated rings. The maximum Gasteiger partial charge on any atom is 0.165 e. The van der Waals surface area contributed by atoms with E-state index >= 15 is 0 Å². The van der Waals surface area contributed by atoms with E-state index in [2.05, 4.69) is 21.4 Å². The first kappa shape index (κ1) is 11.1. The van der Waals surface area contributed by atoms with Crippen LogP contribution in [-0.2, 0) is 0 Å². The minimum atomic E-state index is -0.480. The predicted octanol–water partition coefficient (Wildman–Crippen LogP) is 1.39. The zero-order valence-corrected chi connectivity index (χ0v) is 9.19. The van der Waals surface area contributed by atoms with Crippen LogP contribution in [0, 0.1) is 11.3 Å². The molecule has 1 heterocycles. The fourth-order valence-electron chi connectivity index (χ4n) is 1.06. The van der Waals surface area contributed by atoms with E-state index in [0.29, 0.717) is 5.75 Å². The lowest BCUT2D eigenvalue weighted by atomic mass is 10.1. The predicted molar refractivity (Wildman–Crippen MR) is 57.0 cm³/mol. The first-order valence-electron chi connectivity index (χ1n) is 4.48. The molecule has 1 aromatic rings. The summed E-state index contributed by atoms with van der Waals surface area (Å²) in [6, 6.07) is 2.27. The molecule has 0 aromatic carbocycles. The first-order valence-corrected chi connectivity index (χ1v) is 5.47. The largest absolute Gasteiger partial charge is 0.340 e. The van der Waals surface area contributed by atoms with Crippen LogP contribution < -0.4 is 5.32 Å². The monoisotopic (exact) mass is 210 g/mol. The van der Waals surface area contributed by atoms with Crippen LogP contribution in [0.25, 0.3) is 0 Å². The molecule has 0 spiro atoms. The molecular weight excluding hydrogens is 196 g/mol. The van der Waals surface area contributed by atoms with E-state index in [1.54, 1.807) is 24.2 Å². The van der Waals surface area contributed by atoms with Crippen LogP contribution in [0.1, 0.15) is 13.8 Å². The lowest BCUT2D eigenvalue weighted by Crippen LogP contribution is -2.43. The van der Waals surface area contributed by atoms with Gasteiger partial charge in [-0.25, -0.2) is 4.98 Å². The summed E-state index contributed by atoms with van der Waals surface area (Å²) in [5.74, 6) is 0.685. The molecule has 4 nitrogen and oxygen atoms in total. The van der Waals surface area contributed by atoms with Gasteiger partial charge in [-0.05, 0) is 13.5 Å². The number of H-pyrrole nitrogens is 1. The van der Waals surface area contributed by atoms with Crippen LogP contribution >= 0.6 is 11.8 Å². The van der Waals surface area contributed by atoms with Gasteiger partial charge in [0.15, 0.2) is 5.16 Å². The Balaban J connectivity index is 2.46. The lowest BCUT2D eigenvalue weighted by molar-refractivity contribution is 0.511. The van der Waals surface area contributed by atoms with Crippen LogP contribution in [0.4, 0.5) is 0 Å². The zero-order chi connectivity index (χ0) is 10.4. The van der Waals surface area contributed by atoms with E-state index in [0.717, 1.165) is 11.7 Å². The molecule has 1 aromatic heterocycles. The summed E-state index contributed by atoms with van der Waals surface area (Å²) in [7, 11) is 0. The number of hydrogen-bond acceptors (Lipinski definition) is 4. The number of imidazole rings is 1. The van der Waals surface area contributed by atoms with E-state index in [-0.39, 0.29) is 0 Å². The Bertz CT molecular complexity index is 303. The van der Waals surface area contributed by atoms with Crippen LogP contribution in [0.5, 0.6) is 0 Å². The fourth-order valence-corrected chi connectivity index (χ4v) is 1.93. The minimum absolute atomic E-state index is 0.480. The second-order valence-electron chi connectivity index (χ2n) is 3.16. The van der Waals surface area contributed by atoms with Crippen molar-refractivity contribution in [3.8, 4) is 6.07 Å². The van der Waals surface area contributed by atoms with Gasteiger partial charge >= 0.3 is 0 Å². The normalized spacial score (nSPS) is 14.6. The van der Waals surface area contributed by atoms with Gasteiger partial charge in [-0.1, -0.05) is 18.7 Å². The molecule has 1 rings (SSSR count). The van der Waals surface area contributed by atoms with Gasteiger partial charge in [0.05, 0.1) is 6.07 Å². The molecule has 0 amide bonds. The third-order valence-electron chi connectivity index (χ3n) is 1.78. The molecule has 1 atom stereocenters. The van der Waals surface area contributed by atoms with Gasteiger partial charge < -0.3 is 4.98 Å². The van der Waals surface area contributed by atoms with Crippen molar-refractivity contribution in [2.45, 2.75) is 24.5 Å². The Morgan fingerprint density at radius 1 is 1.79 bits per heavy atom. The van der Waals surface area contributed by atoms with Crippen molar-refractivity contribution in [3.05, 3.63) is 12.4 Å². The Kier molecular flexibility index (Phi) is 3.98. The molecule has 0 saturated carbocycles. The van der Waals surface area contributed by atoms with Crippen molar-refractivity contribution in [2.24, 2.45) is 0 Å². The van der Waals surface area contributed by atoms with Crippen LogP contribution in [0.3, 0.4) is 0 Å². The number of aromatic nitrogens is 2. The Morgan fingerprint density at radius 2 is 2.57 bits per heavy atom. The lowest BCUT2D eigenvalue weighted by Gasteiger charge is -2.21. The smallest absolute Gasteiger partial charge is 0.165 e. The number of thioether (sulfide) groups is 1. The molecule has 0 aliphatic rings. The summed E-state index contributed by atoms with van der Waals surface area (Å²) < 4.78 is 0. The van der Waals surface area contributed by atoms with Gasteiger partial charge in [0.1, 0.15) is 5.54 Å². The number of nitriles is 1. The van der Waals surface area contributed by atoms with Gasteiger partial charge in [-0.15, -0.1) is 0 Å². The van der Waals surface area contributed by atoms with Crippen molar-refractivity contribution in [1.82, 2.24) is 15.3 Å². The number of nitrogens with one attached hydrogen (secondary N) is 2. The number of hydrogen-bond donors (Lipinski definition) is 2. The Labute approximate surface area is 88.1 Å². The average Bonchev–Trinajstić information content (AvgIpc) is 2.68. The fraction of sp³-hybridized carbons (Fsp3) is 0.556. The molecule has 2 N–H and O–H groups in total. The van der Waals surface area contributed by atoms with E-state index < -0.39 is 5.54 Å². The summed E-state index contributed by atoms with van der Waals surface area (Å²) in [6.07, 6.45) is 3.48. The van der Waals surface area contributed by atoms with E-state index in [9.17, 15) is 0 Å². The summed E-state index contributed by atoms with van der Waals surface area (Å²) in [5, 5.41) is 13.0. The maximum absolute atomic E-state index is 8.99. The van der Waals surface area contributed by atoms with E-state index in [1.165, 1.54) is 0 Å². The standard InChI is InChI=1S/C9H14N4S/c1-3-13-9(2,6-10)7-14-8-11-4-5-12-8/h4-5,13H,3,7H2,1-2H3,(H,11,12). The van der Waals surface area contributed by atoms with Crippen molar-refractivity contribution in [3.63, 3.8) is 0 Å². The number of rotatable bonds is 5. The SMILES string of the molecule is CCNC(C)(C#N)CSc1ncc[nH]1. The molecule has 0 aliphatic heterocycles. The first-order chi connectivity index (χ1) is 6.70. The van der Waals surface area contributed by atoms with Gasteiger partial charge in [-0.3, -0.25) is 5.32 Å². The molecule has 0 radical (unpaired) electrons. The highest BCUT2D eigenvalue weighted by Gasteiger charge is 2.22. The molecule has 5 heteroatoms. The summed E-state index contributed by atoms with van der Waals surface area (Å²) in [6.45, 7) is 4.68. The Morgan fingerprint density at radius 3 is 3.07 bits per heavy atom. The second kappa shape index (κ2) is 5.03. The Hall–Kier alpha value is -0.990. The molecule has 0 aliphatic carbocycles. The molecule has 14 heavy (non-hydrogen) atoms. The third-order valence-corrected chi connectivity index (χ3v) is 3.00. The minimum Gasteiger partial charge on any atom is -0.340 e. The van der Waals surface area contributed by atoms with Gasteiger partial charge in [-0.2, -0.15) is 5.26 Å². The zero-order valence-electron chi connectivity index (χ0n) is 8.37. The third kappa shape index (κ3) is 3.05. The van der Waals surface area contributed by atoms with Crippen molar-refractivity contribution >= 4 is 11.8 Å². The quantitative estimate of drug-likeness (QED) is 0.721. The molecule has 0 saturated heterocycles. The van der Waals surface area contributed by atoms with Crippen LogP contribution in [0.15, 0.2) is 17.6 Å². The van der Waals surface area contributed by atoms with Crippen molar-refractivity contribution in [2.75, 3.05) is 12.3 Å². The molecule has 76 valence electrons. The highest BCUT2D eigenvalue weighted by Crippen LogP contribution is 2.18. The number of nitrogens with zero attached hydrogens (tertiary/aromatic N) is 2. The topological polar surface area (TPSA) is 64.5 Å². The molecule has 0 bridgehead atoms. The maximum atomic E-state index is 8.99. The van der Waals surface area contributed by atoms with Crippen LogP contribution in [0.2, 0.25) is 0 Å².